The number of methoxy groups -OCH3 is 2. The number of benzene rings is 2. The largest absolute Gasteiger partial charge is 0.481 e. The molecule has 83 heavy (non-hydrogen) atoms. The molecular formula is C61H95N9O13. The maximum absolute atomic E-state index is 14.5. The number of anilines is 1. The van der Waals surface area contributed by atoms with Gasteiger partial charge in [-0.2, -0.15) is 0 Å². The summed E-state index contributed by atoms with van der Waals surface area (Å²) >= 11 is 0. The second-order valence-electron chi connectivity index (χ2n) is 23.3. The summed E-state index contributed by atoms with van der Waals surface area (Å²) in [6, 6.07) is 11.7. The van der Waals surface area contributed by atoms with Crippen LogP contribution in [0.4, 0.5) is 5.69 Å². The summed E-state index contributed by atoms with van der Waals surface area (Å²) < 4.78 is 12.1. The average molecular weight is 1160 g/mol. The number of hydrogen-bond acceptors (Lipinski definition) is 13. The molecule has 2 aliphatic heterocycles. The summed E-state index contributed by atoms with van der Waals surface area (Å²) in [6.45, 7) is 16.1. The summed E-state index contributed by atoms with van der Waals surface area (Å²) in [5, 5.41) is 20.6. The Morgan fingerprint density at radius 2 is 1.36 bits per heavy atom. The van der Waals surface area contributed by atoms with Crippen LogP contribution in [0.25, 0.3) is 0 Å². The molecule has 2 aliphatic rings. The zero-order chi connectivity index (χ0) is 61.7. The topological polar surface area (TPSA) is 275 Å². The SMILES string of the molecule is CC[C@H](C)[C@@H]([C@@H](CC(=O)N1CCC[C@H]1[C@H](OC)[C@@H](C)C(=O)N[C@@H](Cc1ccccc1)C(=O)NOCc1ccc(NC(=O)[C@@H](C)NC(=O)CCCC(=O)N2CCC(C(=O)O)CC2)cc1)OC)N(C)C(=O)[C@@H](NC(=O)[C@H](C(C)C)N(C)C)C(C)C. The van der Waals surface area contributed by atoms with E-state index in [0.29, 0.717) is 63.0 Å². The maximum atomic E-state index is 14.5. The number of likely N-dealkylation sites (tertiary alicyclic amines) is 2. The van der Waals surface area contributed by atoms with Gasteiger partial charge in [0, 0.05) is 65.9 Å². The van der Waals surface area contributed by atoms with Crippen molar-refractivity contribution in [3.8, 4) is 0 Å². The molecule has 6 N–H and O–H groups in total. The van der Waals surface area contributed by atoms with E-state index in [4.69, 9.17) is 14.3 Å². The zero-order valence-corrected chi connectivity index (χ0v) is 51.2. The zero-order valence-electron chi connectivity index (χ0n) is 51.2. The van der Waals surface area contributed by atoms with Crippen LogP contribution >= 0.6 is 0 Å². The number of carbonyl (C=O) groups excluding carboxylic acids is 8. The first-order chi connectivity index (χ1) is 39.3. The van der Waals surface area contributed by atoms with Crippen LogP contribution in [0.5, 0.6) is 0 Å². The number of hydroxylamine groups is 1. The van der Waals surface area contributed by atoms with E-state index < -0.39 is 84.0 Å². The Morgan fingerprint density at radius 1 is 0.711 bits per heavy atom. The van der Waals surface area contributed by atoms with Crippen LogP contribution in [-0.4, -0.2) is 181 Å². The Bertz CT molecular complexity index is 2450. The van der Waals surface area contributed by atoms with Gasteiger partial charge in [-0.05, 0) is 94.1 Å². The van der Waals surface area contributed by atoms with Gasteiger partial charge in [0.25, 0.3) is 5.91 Å². The second kappa shape index (κ2) is 33.7. The third-order valence-electron chi connectivity index (χ3n) is 16.3. The molecule has 4 rings (SSSR count). The summed E-state index contributed by atoms with van der Waals surface area (Å²) in [4.78, 5) is 133. The number of carbonyl (C=O) groups is 9. The Hall–Kier alpha value is -6.49. The Morgan fingerprint density at radius 3 is 1.93 bits per heavy atom. The van der Waals surface area contributed by atoms with Crippen molar-refractivity contribution < 1.29 is 62.6 Å². The molecule has 0 spiro atoms. The molecule has 2 aromatic rings. The lowest BCUT2D eigenvalue weighted by atomic mass is 9.89. The van der Waals surface area contributed by atoms with Gasteiger partial charge in [-0.25, -0.2) is 5.48 Å². The summed E-state index contributed by atoms with van der Waals surface area (Å²) in [5.74, 6) is -5.22. The van der Waals surface area contributed by atoms with Gasteiger partial charge >= 0.3 is 5.97 Å². The predicted molar refractivity (Wildman–Crippen MR) is 314 cm³/mol. The summed E-state index contributed by atoms with van der Waals surface area (Å²) in [6.07, 6.45) is 1.80. The minimum atomic E-state index is -1.07. The van der Waals surface area contributed by atoms with Crippen LogP contribution < -0.4 is 26.7 Å². The highest BCUT2D eigenvalue weighted by Gasteiger charge is 2.44. The normalized spacial score (nSPS) is 18.0. The fourth-order valence-corrected chi connectivity index (χ4v) is 11.3. The maximum Gasteiger partial charge on any atom is 0.306 e. The van der Waals surface area contributed by atoms with Crippen molar-refractivity contribution in [3.05, 3.63) is 65.7 Å². The van der Waals surface area contributed by atoms with Crippen molar-refractivity contribution in [2.75, 3.05) is 60.3 Å². The Balaban J connectivity index is 1.34. The number of carboxylic acid groups (broad SMARTS) is 1. The number of rotatable bonds is 32. The number of nitrogens with one attached hydrogen (secondary N) is 5. The molecule has 2 saturated heterocycles. The van der Waals surface area contributed by atoms with Gasteiger partial charge in [0.1, 0.15) is 18.1 Å². The van der Waals surface area contributed by atoms with Gasteiger partial charge in [0.2, 0.25) is 41.4 Å². The molecule has 2 fully saturated rings. The number of amides is 8. The number of hydrogen-bond donors (Lipinski definition) is 6. The first-order valence-electron chi connectivity index (χ1n) is 29.4. The van der Waals surface area contributed by atoms with Crippen molar-refractivity contribution in [2.24, 2.45) is 29.6 Å². The molecule has 0 aliphatic carbocycles. The van der Waals surface area contributed by atoms with Crippen molar-refractivity contribution in [3.63, 3.8) is 0 Å². The monoisotopic (exact) mass is 1160 g/mol. The van der Waals surface area contributed by atoms with Crippen LogP contribution in [-0.2, 0) is 70.5 Å². The molecule has 0 radical (unpaired) electrons. The van der Waals surface area contributed by atoms with Crippen LogP contribution in [0.2, 0.25) is 0 Å². The first kappa shape index (κ1) is 69.0. The molecule has 0 bridgehead atoms. The average Bonchev–Trinajstić information content (AvgIpc) is 4.23. The van der Waals surface area contributed by atoms with Gasteiger partial charge < -0.3 is 50.5 Å². The minimum absolute atomic E-state index is 0.00414. The number of ether oxygens (including phenoxy) is 2. The molecule has 0 unspecified atom stereocenters. The lowest BCUT2D eigenvalue weighted by Crippen LogP contribution is -2.59. The Labute approximate surface area is 491 Å². The molecule has 22 nitrogen and oxygen atoms in total. The van der Waals surface area contributed by atoms with Gasteiger partial charge in [-0.1, -0.05) is 97.4 Å². The molecule has 462 valence electrons. The van der Waals surface area contributed by atoms with E-state index in [1.54, 1.807) is 59.9 Å². The van der Waals surface area contributed by atoms with Crippen LogP contribution in [0.15, 0.2) is 54.6 Å². The standard InChI is InChI=1S/C61H95N9O13/c1-14-39(6)54(68(11)60(78)52(37(2)3)65-59(77)53(38(4)5)67(9)10)48(81-12)35-51(73)70-31-19-22-47(70)55(82-13)40(7)56(74)64-46(34-42-20-16-15-17-21-42)58(76)66-83-36-43-25-27-45(28-26-43)63-57(75)41(8)62-49(71)23-18-24-50(72)69-32-29-44(30-33-69)61(79)80/h15-17,20-21,25-28,37-41,44,46-48,52-55H,14,18-19,22-24,29-36H2,1-13H3,(H,62,71)(H,63,75)(H,64,74)(H,65,77)(H,66,76)(H,79,80)/t39-,40+,41+,46-,47-,48+,52-,53-,54-,55+/m0/s1. The number of likely N-dealkylation sites (N-methyl/N-ethyl adjacent to an activating group) is 2. The summed E-state index contributed by atoms with van der Waals surface area (Å²) in [7, 11) is 8.41. The van der Waals surface area contributed by atoms with Gasteiger partial charge in [0.05, 0.1) is 55.2 Å². The van der Waals surface area contributed by atoms with Crippen LogP contribution in [0.1, 0.15) is 124 Å². The van der Waals surface area contributed by atoms with Crippen LogP contribution in [0.3, 0.4) is 0 Å². The quantitative estimate of drug-likeness (QED) is 0.0549. The number of aliphatic carboxylic acids is 1. The molecule has 0 aromatic heterocycles. The van der Waals surface area contributed by atoms with Gasteiger partial charge in [-0.3, -0.25) is 52.9 Å². The van der Waals surface area contributed by atoms with E-state index >= 15 is 0 Å². The molecule has 2 heterocycles. The van der Waals surface area contributed by atoms with E-state index in [9.17, 15) is 48.3 Å². The van der Waals surface area contributed by atoms with E-state index in [2.05, 4.69) is 26.7 Å². The van der Waals surface area contributed by atoms with E-state index in [0.717, 1.165) is 5.56 Å². The van der Waals surface area contributed by atoms with Crippen molar-refractivity contribution in [2.45, 2.75) is 175 Å². The Kier molecular flexibility index (Phi) is 28.0. The lowest BCUT2D eigenvalue weighted by molar-refractivity contribution is -0.148. The van der Waals surface area contributed by atoms with Crippen molar-refractivity contribution in [1.82, 2.24) is 41.0 Å². The fourth-order valence-electron chi connectivity index (χ4n) is 11.3. The lowest BCUT2D eigenvalue weighted by Gasteiger charge is -2.41. The minimum Gasteiger partial charge on any atom is -0.481 e. The highest BCUT2D eigenvalue weighted by Crippen LogP contribution is 2.30. The molecule has 10 atom stereocenters. The molecule has 0 saturated carbocycles. The predicted octanol–water partition coefficient (Wildman–Crippen LogP) is 4.55. The fraction of sp³-hybridized carbons (Fsp3) is 0.656. The smallest absolute Gasteiger partial charge is 0.306 e. The van der Waals surface area contributed by atoms with Gasteiger partial charge in [0.15, 0.2) is 0 Å². The third kappa shape index (κ3) is 20.4. The molecule has 22 heteroatoms. The van der Waals surface area contributed by atoms with E-state index in [-0.39, 0.29) is 86.0 Å². The highest BCUT2D eigenvalue weighted by atomic mass is 16.7. The van der Waals surface area contributed by atoms with E-state index in [1.165, 1.54) is 14.2 Å². The third-order valence-corrected chi connectivity index (χ3v) is 16.3. The molecule has 8 amide bonds. The number of piperidine rings is 1. The highest BCUT2D eigenvalue weighted by molar-refractivity contribution is 5.97. The van der Waals surface area contributed by atoms with Crippen LogP contribution in [0, 0.1) is 29.6 Å². The molecular weight excluding hydrogens is 1070 g/mol. The van der Waals surface area contributed by atoms with Crippen molar-refractivity contribution >= 4 is 58.9 Å². The first-order valence-corrected chi connectivity index (χ1v) is 29.4. The van der Waals surface area contributed by atoms with Crippen molar-refractivity contribution in [1.29, 1.82) is 0 Å². The molecule has 2 aromatic carbocycles. The number of nitrogens with zero attached hydrogens (tertiary/aromatic N) is 4. The second-order valence-corrected chi connectivity index (χ2v) is 23.3. The van der Waals surface area contributed by atoms with E-state index in [1.807, 2.05) is 90.9 Å². The summed E-state index contributed by atoms with van der Waals surface area (Å²) in [5.41, 5.74) is 4.37. The number of carboxylic acids is 1. The van der Waals surface area contributed by atoms with Gasteiger partial charge in [-0.15, -0.1) is 0 Å².